The number of aryl methyl sites for hydroxylation is 2. The molecule has 1 aliphatic rings. The number of aromatic nitrogens is 2. The Balaban J connectivity index is 2.26. The maximum atomic E-state index is 12.4. The van der Waals surface area contributed by atoms with Gasteiger partial charge in [-0.15, -0.1) is 11.6 Å². The van der Waals surface area contributed by atoms with Gasteiger partial charge in [0, 0.05) is 31.7 Å². The molecule has 0 bridgehead atoms. The van der Waals surface area contributed by atoms with Crippen LogP contribution in [-0.4, -0.2) is 40.7 Å². The number of hydrogen-bond donors (Lipinski definition) is 0. The third-order valence-corrected chi connectivity index (χ3v) is 5.82. The Bertz CT molecular complexity index is 521. The van der Waals surface area contributed by atoms with Gasteiger partial charge in [0.1, 0.15) is 5.82 Å². The van der Waals surface area contributed by atoms with Crippen LogP contribution in [-0.2, 0) is 17.1 Å². The zero-order valence-corrected chi connectivity index (χ0v) is 12.4. The molecule has 1 aromatic rings. The Hall–Kier alpha value is -0.590. The van der Waals surface area contributed by atoms with E-state index in [0.717, 1.165) is 6.42 Å². The van der Waals surface area contributed by atoms with Gasteiger partial charge in [-0.25, -0.2) is 13.4 Å². The van der Waals surface area contributed by atoms with Crippen LogP contribution >= 0.6 is 11.6 Å². The molecule has 2 heterocycles. The summed E-state index contributed by atoms with van der Waals surface area (Å²) in [7, 11) is -1.72. The number of alkyl halides is 1. The topological polar surface area (TPSA) is 55.2 Å². The minimum atomic E-state index is -3.50. The normalized spacial score (nSPS) is 26.4. The highest BCUT2D eigenvalue weighted by Crippen LogP contribution is 2.26. The second-order valence-electron chi connectivity index (χ2n) is 4.88. The first-order valence-electron chi connectivity index (χ1n) is 5.96. The van der Waals surface area contributed by atoms with E-state index in [4.69, 9.17) is 11.6 Å². The lowest BCUT2D eigenvalue weighted by atomic mass is 10.0. The molecule has 0 N–H and O–H groups in total. The summed E-state index contributed by atoms with van der Waals surface area (Å²) in [6.07, 6.45) is 2.34. The van der Waals surface area contributed by atoms with Gasteiger partial charge in [0.2, 0.25) is 0 Å². The van der Waals surface area contributed by atoms with E-state index in [1.807, 2.05) is 6.92 Å². The number of imidazole rings is 1. The van der Waals surface area contributed by atoms with Gasteiger partial charge in [0.25, 0.3) is 10.0 Å². The zero-order chi connectivity index (χ0) is 13.5. The van der Waals surface area contributed by atoms with Gasteiger partial charge < -0.3 is 4.57 Å². The van der Waals surface area contributed by atoms with E-state index < -0.39 is 10.0 Å². The minimum absolute atomic E-state index is 0.112. The Morgan fingerprint density at radius 3 is 2.67 bits per heavy atom. The Kier molecular flexibility index (Phi) is 3.71. The fourth-order valence-corrected chi connectivity index (χ4v) is 3.88. The summed E-state index contributed by atoms with van der Waals surface area (Å²) < 4.78 is 27.9. The molecule has 0 aromatic carbocycles. The standard InChI is InChI=1S/C11H18ClN3O2S/c1-8-4-5-15(6-10(8)12)18(16,17)11-7-14(3)9(2)13-11/h7-8,10H,4-6H2,1-3H3. The fourth-order valence-electron chi connectivity index (χ4n) is 2.00. The summed E-state index contributed by atoms with van der Waals surface area (Å²) in [6.45, 7) is 4.71. The molecule has 0 amide bonds. The highest BCUT2D eigenvalue weighted by Gasteiger charge is 2.34. The van der Waals surface area contributed by atoms with Crippen LogP contribution in [0.15, 0.2) is 11.2 Å². The lowest BCUT2D eigenvalue weighted by molar-refractivity contribution is 0.292. The van der Waals surface area contributed by atoms with E-state index >= 15 is 0 Å². The second-order valence-corrected chi connectivity index (χ2v) is 7.33. The number of hydrogen-bond acceptors (Lipinski definition) is 3. The van der Waals surface area contributed by atoms with E-state index in [1.165, 1.54) is 4.31 Å². The summed E-state index contributed by atoms with van der Waals surface area (Å²) in [5, 5.41) is -0.0146. The van der Waals surface area contributed by atoms with Crippen LogP contribution in [0.2, 0.25) is 0 Å². The van der Waals surface area contributed by atoms with Gasteiger partial charge in [-0.1, -0.05) is 6.92 Å². The van der Waals surface area contributed by atoms with Gasteiger partial charge in [-0.05, 0) is 19.3 Å². The quantitative estimate of drug-likeness (QED) is 0.773. The van der Waals surface area contributed by atoms with E-state index in [-0.39, 0.29) is 10.4 Å². The lowest BCUT2D eigenvalue weighted by Crippen LogP contribution is -2.43. The predicted molar refractivity (Wildman–Crippen MR) is 70.1 cm³/mol. The van der Waals surface area contributed by atoms with E-state index in [1.54, 1.807) is 24.7 Å². The highest BCUT2D eigenvalue weighted by molar-refractivity contribution is 7.89. The van der Waals surface area contributed by atoms with Crippen molar-refractivity contribution in [1.82, 2.24) is 13.9 Å². The van der Waals surface area contributed by atoms with Gasteiger partial charge >= 0.3 is 0 Å². The monoisotopic (exact) mass is 291 g/mol. The Morgan fingerprint density at radius 2 is 2.17 bits per heavy atom. The van der Waals surface area contributed by atoms with E-state index in [9.17, 15) is 8.42 Å². The first-order chi connectivity index (χ1) is 8.32. The van der Waals surface area contributed by atoms with Crippen molar-refractivity contribution in [2.45, 2.75) is 30.7 Å². The average Bonchev–Trinajstić information content (AvgIpc) is 2.64. The van der Waals surface area contributed by atoms with Crippen molar-refractivity contribution < 1.29 is 8.42 Å². The van der Waals surface area contributed by atoms with Crippen LogP contribution in [0.5, 0.6) is 0 Å². The number of piperidine rings is 1. The molecule has 1 fully saturated rings. The molecular formula is C11H18ClN3O2S. The zero-order valence-electron chi connectivity index (χ0n) is 10.8. The van der Waals surface area contributed by atoms with E-state index in [0.29, 0.717) is 24.8 Å². The molecule has 18 heavy (non-hydrogen) atoms. The molecule has 0 saturated carbocycles. The molecule has 5 nitrogen and oxygen atoms in total. The number of rotatable bonds is 2. The SMILES string of the molecule is Cc1nc(S(=O)(=O)N2CCC(C)C(Cl)C2)cn1C. The first kappa shape index (κ1) is 13.8. The molecule has 1 saturated heterocycles. The number of halogens is 1. The summed E-state index contributed by atoms with van der Waals surface area (Å²) in [4.78, 5) is 4.09. The van der Waals surface area contributed by atoms with Gasteiger partial charge in [0.15, 0.2) is 5.03 Å². The van der Waals surface area contributed by atoms with Crippen LogP contribution in [0.4, 0.5) is 0 Å². The predicted octanol–water partition coefficient (Wildman–Crippen LogP) is 1.37. The van der Waals surface area contributed by atoms with Crippen molar-refractivity contribution in [2.24, 2.45) is 13.0 Å². The Morgan fingerprint density at radius 1 is 1.50 bits per heavy atom. The minimum Gasteiger partial charge on any atom is -0.337 e. The Labute approximate surface area is 113 Å². The lowest BCUT2D eigenvalue weighted by Gasteiger charge is -2.32. The summed E-state index contributed by atoms with van der Waals surface area (Å²) in [6, 6.07) is 0. The summed E-state index contributed by atoms with van der Waals surface area (Å²) >= 11 is 6.16. The van der Waals surface area contributed by atoms with Crippen LogP contribution in [0.25, 0.3) is 0 Å². The third kappa shape index (κ3) is 2.41. The molecular weight excluding hydrogens is 274 g/mol. The maximum Gasteiger partial charge on any atom is 0.262 e. The summed E-state index contributed by atoms with van der Waals surface area (Å²) in [5.41, 5.74) is 0. The van der Waals surface area contributed by atoms with E-state index in [2.05, 4.69) is 4.98 Å². The molecule has 2 rings (SSSR count). The molecule has 7 heteroatoms. The average molecular weight is 292 g/mol. The molecule has 0 spiro atoms. The summed E-state index contributed by atoms with van der Waals surface area (Å²) in [5.74, 6) is 1.03. The molecule has 1 aliphatic heterocycles. The van der Waals surface area contributed by atoms with Crippen molar-refractivity contribution in [2.75, 3.05) is 13.1 Å². The molecule has 0 aliphatic carbocycles. The van der Waals surface area contributed by atoms with Crippen molar-refractivity contribution in [3.8, 4) is 0 Å². The van der Waals surface area contributed by atoms with Crippen LogP contribution in [0, 0.1) is 12.8 Å². The van der Waals surface area contributed by atoms with Gasteiger partial charge in [0.05, 0.1) is 0 Å². The first-order valence-corrected chi connectivity index (χ1v) is 7.84. The highest BCUT2D eigenvalue weighted by atomic mass is 35.5. The molecule has 1 aromatic heterocycles. The molecule has 2 unspecified atom stereocenters. The second kappa shape index (κ2) is 4.83. The number of sulfonamides is 1. The smallest absolute Gasteiger partial charge is 0.262 e. The van der Waals surface area contributed by atoms with Crippen molar-refractivity contribution in [3.63, 3.8) is 0 Å². The number of nitrogens with zero attached hydrogens (tertiary/aromatic N) is 3. The van der Waals surface area contributed by atoms with Gasteiger partial charge in [-0.2, -0.15) is 4.31 Å². The van der Waals surface area contributed by atoms with Crippen molar-refractivity contribution in [1.29, 1.82) is 0 Å². The third-order valence-electron chi connectivity index (χ3n) is 3.52. The van der Waals surface area contributed by atoms with Crippen molar-refractivity contribution >= 4 is 21.6 Å². The molecule has 2 atom stereocenters. The van der Waals surface area contributed by atoms with Crippen molar-refractivity contribution in [3.05, 3.63) is 12.0 Å². The maximum absolute atomic E-state index is 12.4. The molecule has 102 valence electrons. The van der Waals surface area contributed by atoms with Crippen LogP contribution < -0.4 is 0 Å². The molecule has 0 radical (unpaired) electrons. The van der Waals surface area contributed by atoms with Gasteiger partial charge in [-0.3, -0.25) is 0 Å². The van der Waals surface area contributed by atoms with Crippen LogP contribution in [0.1, 0.15) is 19.2 Å². The largest absolute Gasteiger partial charge is 0.337 e. The van der Waals surface area contributed by atoms with Crippen LogP contribution in [0.3, 0.4) is 0 Å². The fraction of sp³-hybridized carbons (Fsp3) is 0.727.